The summed E-state index contributed by atoms with van der Waals surface area (Å²) in [5.74, 6) is 0.362. The first kappa shape index (κ1) is 20.8. The average molecular weight is 417 g/mol. The zero-order chi connectivity index (χ0) is 20.8. The minimum atomic E-state index is -0.667. The molecule has 0 aromatic heterocycles. The lowest BCUT2D eigenvalue weighted by atomic mass is 10.2. The molecule has 3 rings (SSSR count). The van der Waals surface area contributed by atoms with Gasteiger partial charge in [-0.15, -0.1) is 0 Å². The van der Waals surface area contributed by atoms with Gasteiger partial charge in [0.2, 0.25) is 5.91 Å². The molecule has 2 N–H and O–H groups in total. The Balaban J connectivity index is 1.49. The fourth-order valence-electron chi connectivity index (χ4n) is 3.13. The highest BCUT2D eigenvalue weighted by Crippen LogP contribution is 2.21. The minimum absolute atomic E-state index is 0.246. The summed E-state index contributed by atoms with van der Waals surface area (Å²) >= 11 is 6.06. The Bertz CT molecular complexity index is 869. The Morgan fingerprint density at radius 1 is 1.07 bits per heavy atom. The molecular weight excluding hydrogens is 392 g/mol. The molecule has 0 bridgehead atoms. The van der Waals surface area contributed by atoms with E-state index in [4.69, 9.17) is 16.3 Å². The number of anilines is 2. The number of hydrogen-bond donors (Lipinski definition) is 2. The van der Waals surface area contributed by atoms with Gasteiger partial charge in [0, 0.05) is 48.6 Å². The highest BCUT2D eigenvalue weighted by molar-refractivity contribution is 6.30. The number of rotatable bonds is 5. The summed E-state index contributed by atoms with van der Waals surface area (Å²) in [6, 6.07) is 13.8. The molecule has 1 heterocycles. The molecule has 8 heteroatoms. The Hall–Kier alpha value is -2.93. The lowest BCUT2D eigenvalue weighted by molar-refractivity contribution is -0.117. The Labute approximate surface area is 175 Å². The number of amides is 3. The van der Waals surface area contributed by atoms with Gasteiger partial charge in [0.05, 0.1) is 7.11 Å². The minimum Gasteiger partial charge on any atom is -0.497 e. The lowest BCUT2D eigenvalue weighted by Crippen LogP contribution is -2.54. The van der Waals surface area contributed by atoms with Crippen molar-refractivity contribution in [3.05, 3.63) is 53.6 Å². The maximum Gasteiger partial charge on any atom is 0.318 e. The number of carbonyl (C=O) groups excluding carboxylic acids is 2. The van der Waals surface area contributed by atoms with Gasteiger partial charge < -0.3 is 25.2 Å². The van der Waals surface area contributed by atoms with E-state index < -0.39 is 6.04 Å². The number of benzene rings is 2. The van der Waals surface area contributed by atoms with Crippen molar-refractivity contribution in [2.24, 2.45) is 0 Å². The summed E-state index contributed by atoms with van der Waals surface area (Å²) in [7, 11) is 1.57. The quantitative estimate of drug-likeness (QED) is 0.784. The summed E-state index contributed by atoms with van der Waals surface area (Å²) < 4.78 is 5.15. The van der Waals surface area contributed by atoms with Gasteiger partial charge in [-0.25, -0.2) is 4.79 Å². The molecule has 1 atom stereocenters. The topological polar surface area (TPSA) is 73.9 Å². The van der Waals surface area contributed by atoms with Crippen LogP contribution in [0, 0.1) is 0 Å². The molecule has 0 radical (unpaired) electrons. The number of ether oxygens (including phenoxy) is 1. The molecule has 1 fully saturated rings. The van der Waals surface area contributed by atoms with Crippen LogP contribution in [0.25, 0.3) is 0 Å². The predicted molar refractivity (Wildman–Crippen MR) is 115 cm³/mol. The first-order valence-electron chi connectivity index (χ1n) is 9.47. The van der Waals surface area contributed by atoms with E-state index >= 15 is 0 Å². The second kappa shape index (κ2) is 9.52. The fraction of sp³-hybridized carbons (Fsp3) is 0.333. The summed E-state index contributed by atoms with van der Waals surface area (Å²) in [5.41, 5.74) is 1.66. The van der Waals surface area contributed by atoms with Crippen LogP contribution in [0.5, 0.6) is 5.75 Å². The molecular formula is C21H25ClN4O3. The first-order valence-corrected chi connectivity index (χ1v) is 9.85. The molecule has 7 nitrogen and oxygen atoms in total. The molecule has 1 aliphatic rings. The van der Waals surface area contributed by atoms with Crippen molar-refractivity contribution in [2.75, 3.05) is 43.5 Å². The van der Waals surface area contributed by atoms with E-state index in [1.165, 1.54) is 0 Å². The van der Waals surface area contributed by atoms with Crippen molar-refractivity contribution in [3.63, 3.8) is 0 Å². The molecule has 154 valence electrons. The number of nitrogens with one attached hydrogen (secondary N) is 2. The second-order valence-electron chi connectivity index (χ2n) is 6.85. The van der Waals surface area contributed by atoms with E-state index in [2.05, 4.69) is 15.5 Å². The number of halogens is 1. The number of methoxy groups -OCH3 is 1. The van der Waals surface area contributed by atoms with E-state index in [9.17, 15) is 9.59 Å². The highest BCUT2D eigenvalue weighted by Gasteiger charge is 2.24. The van der Waals surface area contributed by atoms with Crippen LogP contribution < -0.4 is 20.3 Å². The number of nitrogens with zero attached hydrogens (tertiary/aromatic N) is 2. The van der Waals surface area contributed by atoms with Crippen LogP contribution in [-0.2, 0) is 4.79 Å². The number of hydrogen-bond acceptors (Lipinski definition) is 4. The summed E-state index contributed by atoms with van der Waals surface area (Å²) in [6.45, 7) is 4.22. The molecule has 29 heavy (non-hydrogen) atoms. The average Bonchev–Trinajstić information content (AvgIpc) is 2.74. The summed E-state index contributed by atoms with van der Waals surface area (Å²) in [5, 5.41) is 6.24. The predicted octanol–water partition coefficient (Wildman–Crippen LogP) is 3.21. The normalized spacial score (nSPS) is 14.9. The van der Waals surface area contributed by atoms with Crippen molar-refractivity contribution in [2.45, 2.75) is 13.0 Å². The number of piperazine rings is 1. The standard InChI is InChI=1S/C21H25ClN4O3/c1-15(20(27)24-17-6-4-8-19(14-17)29-2)23-21(28)26-11-9-25(10-12-26)18-7-3-5-16(22)13-18/h3-8,13-15H,9-12H2,1-2H3,(H,23,28)(H,24,27). The van der Waals surface area contributed by atoms with E-state index in [1.807, 2.05) is 24.3 Å². The molecule has 2 aromatic carbocycles. The van der Waals surface area contributed by atoms with Gasteiger partial charge in [-0.1, -0.05) is 23.7 Å². The summed E-state index contributed by atoms with van der Waals surface area (Å²) in [4.78, 5) is 28.8. The second-order valence-corrected chi connectivity index (χ2v) is 7.28. The van der Waals surface area contributed by atoms with Gasteiger partial charge in [0.1, 0.15) is 11.8 Å². The summed E-state index contributed by atoms with van der Waals surface area (Å²) in [6.07, 6.45) is 0. The Morgan fingerprint density at radius 3 is 2.48 bits per heavy atom. The highest BCUT2D eigenvalue weighted by atomic mass is 35.5. The van der Waals surface area contributed by atoms with Gasteiger partial charge in [0.15, 0.2) is 0 Å². The molecule has 2 aromatic rings. The van der Waals surface area contributed by atoms with E-state index in [-0.39, 0.29) is 11.9 Å². The SMILES string of the molecule is COc1cccc(NC(=O)C(C)NC(=O)N2CCN(c3cccc(Cl)c3)CC2)c1. The van der Waals surface area contributed by atoms with Crippen LogP contribution in [0.4, 0.5) is 16.2 Å². The zero-order valence-electron chi connectivity index (χ0n) is 16.5. The molecule has 1 saturated heterocycles. The van der Waals surface area contributed by atoms with E-state index in [1.54, 1.807) is 43.2 Å². The zero-order valence-corrected chi connectivity index (χ0v) is 17.3. The third-order valence-electron chi connectivity index (χ3n) is 4.81. The first-order chi connectivity index (χ1) is 14.0. The molecule has 3 amide bonds. The van der Waals surface area contributed by atoms with Gasteiger partial charge in [-0.3, -0.25) is 4.79 Å². The Kier molecular flexibility index (Phi) is 6.82. The van der Waals surface area contributed by atoms with Crippen LogP contribution in [0.2, 0.25) is 5.02 Å². The van der Waals surface area contributed by atoms with Crippen LogP contribution in [0.1, 0.15) is 6.92 Å². The van der Waals surface area contributed by atoms with Gasteiger partial charge in [-0.05, 0) is 37.3 Å². The van der Waals surface area contributed by atoms with Crippen LogP contribution >= 0.6 is 11.6 Å². The van der Waals surface area contributed by atoms with E-state index in [0.29, 0.717) is 42.6 Å². The van der Waals surface area contributed by atoms with E-state index in [0.717, 1.165) is 5.69 Å². The largest absolute Gasteiger partial charge is 0.497 e. The number of carbonyl (C=O) groups is 2. The third kappa shape index (κ3) is 5.54. The van der Waals surface area contributed by atoms with Gasteiger partial charge in [0.25, 0.3) is 0 Å². The van der Waals surface area contributed by atoms with Crippen LogP contribution in [0.3, 0.4) is 0 Å². The van der Waals surface area contributed by atoms with Crippen LogP contribution in [-0.4, -0.2) is 56.2 Å². The maximum absolute atomic E-state index is 12.5. The van der Waals surface area contributed by atoms with Crippen molar-refractivity contribution in [1.82, 2.24) is 10.2 Å². The van der Waals surface area contributed by atoms with Gasteiger partial charge in [-0.2, -0.15) is 0 Å². The van der Waals surface area contributed by atoms with Gasteiger partial charge >= 0.3 is 6.03 Å². The fourth-order valence-corrected chi connectivity index (χ4v) is 3.32. The maximum atomic E-state index is 12.5. The van der Waals surface area contributed by atoms with Crippen molar-refractivity contribution in [3.8, 4) is 5.75 Å². The van der Waals surface area contributed by atoms with Crippen LogP contribution in [0.15, 0.2) is 48.5 Å². The molecule has 1 aliphatic heterocycles. The monoisotopic (exact) mass is 416 g/mol. The number of urea groups is 1. The lowest BCUT2D eigenvalue weighted by Gasteiger charge is -2.36. The smallest absolute Gasteiger partial charge is 0.318 e. The third-order valence-corrected chi connectivity index (χ3v) is 5.05. The molecule has 0 spiro atoms. The Morgan fingerprint density at radius 2 is 1.79 bits per heavy atom. The molecule has 1 unspecified atom stereocenters. The van der Waals surface area contributed by atoms with Crippen molar-refractivity contribution < 1.29 is 14.3 Å². The molecule has 0 saturated carbocycles. The van der Waals surface area contributed by atoms with Crippen molar-refractivity contribution in [1.29, 1.82) is 0 Å². The van der Waals surface area contributed by atoms with Crippen molar-refractivity contribution >= 4 is 34.9 Å². The molecule has 0 aliphatic carbocycles.